The van der Waals surface area contributed by atoms with Crippen molar-refractivity contribution in [3.63, 3.8) is 0 Å². The average molecular weight is 250 g/mol. The quantitative estimate of drug-likeness (QED) is 0.813. The molecule has 1 amide bonds. The number of anilines is 1. The Kier molecular flexibility index (Phi) is 3.64. The standard InChI is InChI=1S/C12H18N4O2/c1-2-15-6-4-14-11(12(15)18)16-5-3-9(8-16)7-10(13)17/h4,6,9H,2-3,5,7-8H2,1H3,(H2,13,17)/t9-/m0/s1. The maximum absolute atomic E-state index is 12.1. The fourth-order valence-corrected chi connectivity index (χ4v) is 2.38. The van der Waals surface area contributed by atoms with Crippen LogP contribution in [-0.4, -0.2) is 28.5 Å². The van der Waals surface area contributed by atoms with Gasteiger partial charge in [-0.1, -0.05) is 0 Å². The molecule has 0 spiro atoms. The van der Waals surface area contributed by atoms with Crippen LogP contribution in [0.15, 0.2) is 17.2 Å². The molecule has 0 aliphatic carbocycles. The Morgan fingerprint density at radius 1 is 1.61 bits per heavy atom. The van der Waals surface area contributed by atoms with Crippen LogP contribution in [0.3, 0.4) is 0 Å². The van der Waals surface area contributed by atoms with Gasteiger partial charge in [-0.15, -0.1) is 0 Å². The van der Waals surface area contributed by atoms with Crippen molar-refractivity contribution in [1.82, 2.24) is 9.55 Å². The lowest BCUT2D eigenvalue weighted by Crippen LogP contribution is -2.32. The van der Waals surface area contributed by atoms with Gasteiger partial charge in [0.1, 0.15) is 0 Å². The molecule has 1 atom stereocenters. The van der Waals surface area contributed by atoms with Crippen molar-refractivity contribution in [3.8, 4) is 0 Å². The minimum Gasteiger partial charge on any atom is -0.370 e. The molecule has 0 aromatic carbocycles. The number of aryl methyl sites for hydroxylation is 1. The molecule has 2 heterocycles. The SMILES string of the molecule is CCn1ccnc(N2CC[C@@H](CC(N)=O)C2)c1=O. The maximum atomic E-state index is 12.1. The molecule has 1 aliphatic heterocycles. The smallest absolute Gasteiger partial charge is 0.293 e. The molecular formula is C12H18N4O2. The Labute approximate surface area is 105 Å². The number of nitrogens with zero attached hydrogens (tertiary/aromatic N) is 3. The number of primary amides is 1. The Bertz CT molecular complexity index is 497. The van der Waals surface area contributed by atoms with Gasteiger partial charge in [-0.2, -0.15) is 0 Å². The van der Waals surface area contributed by atoms with Crippen LogP contribution in [0.25, 0.3) is 0 Å². The van der Waals surface area contributed by atoms with Crippen molar-refractivity contribution >= 4 is 11.7 Å². The highest BCUT2D eigenvalue weighted by molar-refractivity contribution is 5.74. The largest absolute Gasteiger partial charge is 0.370 e. The van der Waals surface area contributed by atoms with Crippen LogP contribution in [0.1, 0.15) is 19.8 Å². The van der Waals surface area contributed by atoms with Gasteiger partial charge in [-0.05, 0) is 19.3 Å². The summed E-state index contributed by atoms with van der Waals surface area (Å²) in [5.41, 5.74) is 5.12. The summed E-state index contributed by atoms with van der Waals surface area (Å²) in [6.07, 6.45) is 4.58. The number of rotatable bonds is 4. The number of hydrogen-bond donors (Lipinski definition) is 1. The zero-order chi connectivity index (χ0) is 13.1. The zero-order valence-electron chi connectivity index (χ0n) is 10.5. The first kappa shape index (κ1) is 12.6. The number of hydrogen-bond acceptors (Lipinski definition) is 4. The van der Waals surface area contributed by atoms with E-state index in [9.17, 15) is 9.59 Å². The second-order valence-corrected chi connectivity index (χ2v) is 4.61. The summed E-state index contributed by atoms with van der Waals surface area (Å²) in [6, 6.07) is 0. The van der Waals surface area contributed by atoms with Gasteiger partial charge in [0.05, 0.1) is 0 Å². The summed E-state index contributed by atoms with van der Waals surface area (Å²) in [5, 5.41) is 0. The van der Waals surface area contributed by atoms with E-state index in [2.05, 4.69) is 4.98 Å². The van der Waals surface area contributed by atoms with Crippen LogP contribution in [0.2, 0.25) is 0 Å². The van der Waals surface area contributed by atoms with E-state index in [1.165, 1.54) is 0 Å². The van der Waals surface area contributed by atoms with Gasteiger partial charge in [-0.3, -0.25) is 9.59 Å². The van der Waals surface area contributed by atoms with Gasteiger partial charge in [0, 0.05) is 38.4 Å². The summed E-state index contributed by atoms with van der Waals surface area (Å²) in [7, 11) is 0. The second kappa shape index (κ2) is 5.20. The van der Waals surface area contributed by atoms with E-state index in [-0.39, 0.29) is 17.4 Å². The van der Waals surface area contributed by atoms with Crippen molar-refractivity contribution in [2.24, 2.45) is 11.7 Å². The summed E-state index contributed by atoms with van der Waals surface area (Å²) >= 11 is 0. The first-order chi connectivity index (χ1) is 8.61. The first-order valence-corrected chi connectivity index (χ1v) is 6.20. The molecule has 2 N–H and O–H groups in total. The van der Waals surface area contributed by atoms with Gasteiger partial charge in [0.15, 0.2) is 5.82 Å². The minimum absolute atomic E-state index is 0.0697. The van der Waals surface area contributed by atoms with Crippen molar-refractivity contribution < 1.29 is 4.79 Å². The number of carbonyl (C=O) groups is 1. The molecule has 1 aromatic heterocycles. The third kappa shape index (κ3) is 2.52. The Hall–Kier alpha value is -1.85. The molecule has 1 aromatic rings. The van der Waals surface area contributed by atoms with Gasteiger partial charge in [0.25, 0.3) is 5.56 Å². The second-order valence-electron chi connectivity index (χ2n) is 4.61. The highest BCUT2D eigenvalue weighted by atomic mass is 16.1. The van der Waals surface area contributed by atoms with E-state index in [1.54, 1.807) is 17.0 Å². The lowest BCUT2D eigenvalue weighted by Gasteiger charge is -2.17. The van der Waals surface area contributed by atoms with Crippen molar-refractivity contribution in [2.45, 2.75) is 26.3 Å². The van der Waals surface area contributed by atoms with Gasteiger partial charge < -0.3 is 15.2 Å². The molecule has 1 fully saturated rings. The van der Waals surface area contributed by atoms with E-state index < -0.39 is 0 Å². The number of aromatic nitrogens is 2. The van der Waals surface area contributed by atoms with Crippen LogP contribution in [0.4, 0.5) is 5.82 Å². The van der Waals surface area contributed by atoms with Crippen molar-refractivity contribution in [2.75, 3.05) is 18.0 Å². The highest BCUT2D eigenvalue weighted by Crippen LogP contribution is 2.21. The summed E-state index contributed by atoms with van der Waals surface area (Å²) < 4.78 is 1.63. The van der Waals surface area contributed by atoms with E-state index in [0.717, 1.165) is 13.0 Å². The molecule has 6 nitrogen and oxygen atoms in total. The molecule has 18 heavy (non-hydrogen) atoms. The van der Waals surface area contributed by atoms with Crippen LogP contribution < -0.4 is 16.2 Å². The van der Waals surface area contributed by atoms with Crippen LogP contribution in [0.5, 0.6) is 0 Å². The third-order valence-corrected chi connectivity index (χ3v) is 3.31. The van der Waals surface area contributed by atoms with Crippen molar-refractivity contribution in [3.05, 3.63) is 22.7 Å². The number of amides is 1. The molecule has 0 saturated carbocycles. The predicted molar refractivity (Wildman–Crippen MR) is 68.3 cm³/mol. The van der Waals surface area contributed by atoms with Gasteiger partial charge >= 0.3 is 0 Å². The number of nitrogens with two attached hydrogens (primary N) is 1. The van der Waals surface area contributed by atoms with E-state index >= 15 is 0 Å². The van der Waals surface area contributed by atoms with E-state index in [0.29, 0.717) is 25.3 Å². The summed E-state index contributed by atoms with van der Waals surface area (Å²) in [6.45, 7) is 3.99. The fourth-order valence-electron chi connectivity index (χ4n) is 2.38. The zero-order valence-corrected chi connectivity index (χ0v) is 10.5. The molecule has 1 saturated heterocycles. The monoisotopic (exact) mass is 250 g/mol. The summed E-state index contributed by atoms with van der Waals surface area (Å²) in [4.78, 5) is 29.1. The molecule has 0 radical (unpaired) electrons. The first-order valence-electron chi connectivity index (χ1n) is 6.20. The molecule has 1 aliphatic rings. The molecular weight excluding hydrogens is 232 g/mol. The van der Waals surface area contributed by atoms with Gasteiger partial charge in [0.2, 0.25) is 5.91 Å². The Balaban J connectivity index is 2.14. The topological polar surface area (TPSA) is 81.2 Å². The number of carbonyl (C=O) groups excluding carboxylic acids is 1. The summed E-state index contributed by atoms with van der Waals surface area (Å²) in [5.74, 6) is 0.430. The lowest BCUT2D eigenvalue weighted by atomic mass is 10.1. The molecule has 0 unspecified atom stereocenters. The Morgan fingerprint density at radius 3 is 3.06 bits per heavy atom. The lowest BCUT2D eigenvalue weighted by molar-refractivity contribution is -0.118. The third-order valence-electron chi connectivity index (χ3n) is 3.31. The maximum Gasteiger partial charge on any atom is 0.293 e. The highest BCUT2D eigenvalue weighted by Gasteiger charge is 2.26. The average Bonchev–Trinajstić information content (AvgIpc) is 2.76. The molecule has 6 heteroatoms. The van der Waals surface area contributed by atoms with Crippen LogP contribution in [-0.2, 0) is 11.3 Å². The van der Waals surface area contributed by atoms with Gasteiger partial charge in [-0.25, -0.2) is 4.98 Å². The minimum atomic E-state index is -0.283. The molecule has 98 valence electrons. The van der Waals surface area contributed by atoms with E-state index in [4.69, 9.17) is 5.73 Å². The normalized spacial score (nSPS) is 19.2. The Morgan fingerprint density at radius 2 is 2.39 bits per heavy atom. The van der Waals surface area contributed by atoms with Crippen molar-refractivity contribution in [1.29, 1.82) is 0 Å². The van der Waals surface area contributed by atoms with Crippen LogP contribution in [0, 0.1) is 5.92 Å². The fraction of sp³-hybridized carbons (Fsp3) is 0.583. The van der Waals surface area contributed by atoms with Crippen LogP contribution >= 0.6 is 0 Å². The molecule has 2 rings (SSSR count). The van der Waals surface area contributed by atoms with E-state index in [1.807, 2.05) is 11.8 Å². The predicted octanol–water partition coefficient (Wildman–Crippen LogP) is -0.0351. The molecule has 0 bridgehead atoms.